The summed E-state index contributed by atoms with van der Waals surface area (Å²) in [6.07, 6.45) is 7.75. The van der Waals surface area contributed by atoms with E-state index in [1.54, 1.807) is 0 Å². The monoisotopic (exact) mass is 288 g/mol. The van der Waals surface area contributed by atoms with Crippen molar-refractivity contribution < 1.29 is 4.79 Å². The van der Waals surface area contributed by atoms with Crippen LogP contribution in [0.5, 0.6) is 0 Å². The normalized spacial score (nSPS) is 16.8. The van der Waals surface area contributed by atoms with E-state index in [0.29, 0.717) is 12.6 Å². The molecule has 1 aliphatic carbocycles. The fourth-order valence-electron chi connectivity index (χ4n) is 3.13. The van der Waals surface area contributed by atoms with Gasteiger partial charge in [-0.25, -0.2) is 0 Å². The van der Waals surface area contributed by atoms with Crippen molar-refractivity contribution in [3.8, 4) is 0 Å². The van der Waals surface area contributed by atoms with Crippen molar-refractivity contribution in [1.29, 1.82) is 0 Å². The van der Waals surface area contributed by atoms with Crippen LogP contribution in [-0.4, -0.2) is 30.4 Å². The highest BCUT2D eigenvalue weighted by atomic mass is 16.2. The molecule has 1 aromatic carbocycles. The molecule has 2 rings (SSSR count). The van der Waals surface area contributed by atoms with Crippen molar-refractivity contribution in [2.45, 2.75) is 58.4 Å². The van der Waals surface area contributed by atoms with Gasteiger partial charge in [0.05, 0.1) is 6.54 Å². The number of amides is 1. The molecule has 1 fully saturated rings. The fourth-order valence-corrected chi connectivity index (χ4v) is 3.13. The van der Waals surface area contributed by atoms with E-state index in [9.17, 15) is 4.79 Å². The molecule has 1 aliphatic rings. The van der Waals surface area contributed by atoms with Gasteiger partial charge in [-0.3, -0.25) is 9.69 Å². The number of carbonyl (C=O) groups excluding carboxylic acids is 1. The molecule has 0 spiro atoms. The Hall–Kier alpha value is -1.35. The van der Waals surface area contributed by atoms with Gasteiger partial charge in [0.2, 0.25) is 5.91 Å². The molecule has 0 unspecified atom stereocenters. The molecule has 0 aromatic heterocycles. The SMILES string of the molecule is Cc1cccc(NC(=O)CN(C)C2CCCCCC2)c1C. The molecule has 0 bridgehead atoms. The predicted molar refractivity (Wildman–Crippen MR) is 88.7 cm³/mol. The second kappa shape index (κ2) is 7.60. The fraction of sp³-hybridized carbons (Fsp3) is 0.611. The van der Waals surface area contributed by atoms with Crippen LogP contribution < -0.4 is 5.32 Å². The minimum atomic E-state index is 0.0930. The zero-order valence-corrected chi connectivity index (χ0v) is 13.6. The average Bonchev–Trinajstić information content (AvgIpc) is 2.73. The van der Waals surface area contributed by atoms with Crippen LogP contribution in [0, 0.1) is 13.8 Å². The first-order chi connectivity index (χ1) is 10.1. The molecule has 0 saturated heterocycles. The van der Waals surface area contributed by atoms with Crippen LogP contribution in [-0.2, 0) is 4.79 Å². The molecular weight excluding hydrogens is 260 g/mol. The van der Waals surface area contributed by atoms with E-state index in [-0.39, 0.29) is 5.91 Å². The van der Waals surface area contributed by atoms with Gasteiger partial charge in [-0.15, -0.1) is 0 Å². The summed E-state index contributed by atoms with van der Waals surface area (Å²) in [6.45, 7) is 4.61. The number of aryl methyl sites for hydroxylation is 1. The number of benzene rings is 1. The molecule has 1 N–H and O–H groups in total. The van der Waals surface area contributed by atoms with E-state index in [2.05, 4.69) is 37.2 Å². The molecule has 116 valence electrons. The van der Waals surface area contributed by atoms with Gasteiger partial charge in [0.15, 0.2) is 0 Å². The maximum absolute atomic E-state index is 12.3. The van der Waals surface area contributed by atoms with Crippen molar-refractivity contribution in [2.75, 3.05) is 18.9 Å². The molecule has 3 heteroatoms. The molecule has 3 nitrogen and oxygen atoms in total. The van der Waals surface area contributed by atoms with E-state index < -0.39 is 0 Å². The van der Waals surface area contributed by atoms with Crippen LogP contribution in [0.1, 0.15) is 49.7 Å². The van der Waals surface area contributed by atoms with Crippen LogP contribution in [0.3, 0.4) is 0 Å². The largest absolute Gasteiger partial charge is 0.325 e. The van der Waals surface area contributed by atoms with Crippen molar-refractivity contribution in [2.24, 2.45) is 0 Å². The third-order valence-corrected chi connectivity index (χ3v) is 4.72. The number of nitrogens with zero attached hydrogens (tertiary/aromatic N) is 1. The van der Waals surface area contributed by atoms with Crippen molar-refractivity contribution in [1.82, 2.24) is 4.90 Å². The lowest BCUT2D eigenvalue weighted by Gasteiger charge is -2.26. The lowest BCUT2D eigenvalue weighted by atomic mass is 10.1. The standard InChI is InChI=1S/C18H28N2O/c1-14-9-8-12-17(15(14)2)19-18(21)13-20(3)16-10-6-4-5-7-11-16/h8-9,12,16H,4-7,10-11,13H2,1-3H3,(H,19,21). The van der Waals surface area contributed by atoms with Gasteiger partial charge in [-0.05, 0) is 50.9 Å². The number of nitrogens with one attached hydrogen (secondary N) is 1. The zero-order valence-electron chi connectivity index (χ0n) is 13.6. The Kier molecular flexibility index (Phi) is 5.80. The molecule has 0 heterocycles. The van der Waals surface area contributed by atoms with E-state index >= 15 is 0 Å². The number of anilines is 1. The summed E-state index contributed by atoms with van der Waals surface area (Å²) in [6, 6.07) is 6.61. The maximum atomic E-state index is 12.3. The van der Waals surface area contributed by atoms with Crippen LogP contribution in [0.25, 0.3) is 0 Å². The minimum absolute atomic E-state index is 0.0930. The zero-order chi connectivity index (χ0) is 15.2. The molecule has 1 amide bonds. The Bertz CT molecular complexity index is 476. The molecule has 0 atom stereocenters. The van der Waals surface area contributed by atoms with Crippen LogP contribution in [0.4, 0.5) is 5.69 Å². The highest BCUT2D eigenvalue weighted by molar-refractivity contribution is 5.93. The molecular formula is C18H28N2O. The second-order valence-corrected chi connectivity index (χ2v) is 6.36. The van der Waals surface area contributed by atoms with E-state index in [1.807, 2.05) is 12.1 Å². The van der Waals surface area contributed by atoms with Gasteiger partial charge in [-0.2, -0.15) is 0 Å². The first-order valence-corrected chi connectivity index (χ1v) is 8.14. The highest BCUT2D eigenvalue weighted by Gasteiger charge is 2.19. The van der Waals surface area contributed by atoms with E-state index in [4.69, 9.17) is 0 Å². The molecule has 1 aromatic rings. The average molecular weight is 288 g/mol. The van der Waals surface area contributed by atoms with Crippen LogP contribution >= 0.6 is 0 Å². The summed E-state index contributed by atoms with van der Waals surface area (Å²) >= 11 is 0. The summed E-state index contributed by atoms with van der Waals surface area (Å²) in [4.78, 5) is 14.5. The van der Waals surface area contributed by atoms with Crippen molar-refractivity contribution in [3.05, 3.63) is 29.3 Å². The lowest BCUT2D eigenvalue weighted by Crippen LogP contribution is -2.37. The highest BCUT2D eigenvalue weighted by Crippen LogP contribution is 2.21. The van der Waals surface area contributed by atoms with Gasteiger partial charge in [-0.1, -0.05) is 37.8 Å². The summed E-state index contributed by atoms with van der Waals surface area (Å²) < 4.78 is 0. The Morgan fingerprint density at radius 1 is 1.19 bits per heavy atom. The van der Waals surface area contributed by atoms with E-state index in [1.165, 1.54) is 44.1 Å². The number of carbonyl (C=O) groups is 1. The quantitative estimate of drug-likeness (QED) is 0.852. The molecule has 21 heavy (non-hydrogen) atoms. The number of likely N-dealkylation sites (N-methyl/N-ethyl adjacent to an activating group) is 1. The first-order valence-electron chi connectivity index (χ1n) is 8.14. The summed E-state index contributed by atoms with van der Waals surface area (Å²) in [5.41, 5.74) is 3.31. The predicted octanol–water partition coefficient (Wildman–Crippen LogP) is 3.90. The van der Waals surface area contributed by atoms with Gasteiger partial charge in [0.1, 0.15) is 0 Å². The maximum Gasteiger partial charge on any atom is 0.238 e. The summed E-state index contributed by atoms with van der Waals surface area (Å²) in [5, 5.41) is 3.06. The third kappa shape index (κ3) is 4.57. The van der Waals surface area contributed by atoms with Crippen molar-refractivity contribution in [3.63, 3.8) is 0 Å². The summed E-state index contributed by atoms with van der Waals surface area (Å²) in [5.74, 6) is 0.0930. The Balaban J connectivity index is 1.90. The molecule has 0 aliphatic heterocycles. The Morgan fingerprint density at radius 2 is 1.86 bits per heavy atom. The third-order valence-electron chi connectivity index (χ3n) is 4.72. The van der Waals surface area contributed by atoms with E-state index in [0.717, 1.165) is 11.3 Å². The smallest absolute Gasteiger partial charge is 0.238 e. The van der Waals surface area contributed by atoms with Gasteiger partial charge < -0.3 is 5.32 Å². The number of hydrogen-bond acceptors (Lipinski definition) is 2. The Labute approximate surface area is 128 Å². The topological polar surface area (TPSA) is 32.3 Å². The molecule has 1 saturated carbocycles. The number of rotatable bonds is 4. The van der Waals surface area contributed by atoms with Crippen LogP contribution in [0.15, 0.2) is 18.2 Å². The van der Waals surface area contributed by atoms with Gasteiger partial charge in [0.25, 0.3) is 0 Å². The summed E-state index contributed by atoms with van der Waals surface area (Å²) in [7, 11) is 2.08. The molecule has 0 radical (unpaired) electrons. The minimum Gasteiger partial charge on any atom is -0.325 e. The van der Waals surface area contributed by atoms with Gasteiger partial charge in [0, 0.05) is 11.7 Å². The lowest BCUT2D eigenvalue weighted by molar-refractivity contribution is -0.117. The van der Waals surface area contributed by atoms with Crippen molar-refractivity contribution >= 4 is 11.6 Å². The van der Waals surface area contributed by atoms with Crippen LogP contribution in [0.2, 0.25) is 0 Å². The second-order valence-electron chi connectivity index (χ2n) is 6.36. The Morgan fingerprint density at radius 3 is 2.52 bits per heavy atom. The first kappa shape index (κ1) is 16.0. The van der Waals surface area contributed by atoms with Gasteiger partial charge >= 0.3 is 0 Å². The number of hydrogen-bond donors (Lipinski definition) is 1.